The number of rotatable bonds is 5. The third-order valence-electron chi connectivity index (χ3n) is 3.57. The van der Waals surface area contributed by atoms with Gasteiger partial charge in [0.2, 0.25) is 5.91 Å². The van der Waals surface area contributed by atoms with Crippen molar-refractivity contribution in [2.75, 3.05) is 13.1 Å². The van der Waals surface area contributed by atoms with Crippen molar-refractivity contribution < 1.29 is 4.79 Å². The molecule has 1 heterocycles. The highest BCUT2D eigenvalue weighted by Crippen LogP contribution is 2.28. The Kier molecular flexibility index (Phi) is 4.13. The van der Waals surface area contributed by atoms with Crippen molar-refractivity contribution in [1.29, 1.82) is 0 Å². The lowest BCUT2D eigenvalue weighted by molar-refractivity contribution is -0.137. The fourth-order valence-electron chi connectivity index (χ4n) is 2.15. The molecule has 0 saturated heterocycles. The van der Waals surface area contributed by atoms with Crippen LogP contribution in [0.3, 0.4) is 0 Å². The van der Waals surface area contributed by atoms with Gasteiger partial charge in [0.1, 0.15) is 0 Å². The van der Waals surface area contributed by atoms with Gasteiger partial charge >= 0.3 is 0 Å². The van der Waals surface area contributed by atoms with Crippen LogP contribution >= 0.6 is 0 Å². The summed E-state index contributed by atoms with van der Waals surface area (Å²) in [6, 6.07) is 4.03. The van der Waals surface area contributed by atoms with Crippen LogP contribution in [0.1, 0.15) is 31.7 Å². The normalized spacial score (nSPS) is 15.4. The van der Waals surface area contributed by atoms with Gasteiger partial charge in [0, 0.05) is 31.4 Å². The van der Waals surface area contributed by atoms with Crippen LogP contribution in [0.25, 0.3) is 0 Å². The topological polar surface area (TPSA) is 33.2 Å². The van der Waals surface area contributed by atoms with E-state index in [2.05, 4.69) is 11.9 Å². The number of hydrogen-bond acceptors (Lipinski definition) is 2. The summed E-state index contributed by atoms with van der Waals surface area (Å²) in [5.41, 5.74) is 1.25. The van der Waals surface area contributed by atoms with E-state index in [1.54, 1.807) is 12.4 Å². The molecule has 0 aromatic carbocycles. The molecule has 1 saturated carbocycles. The molecule has 2 rings (SSSR count). The maximum atomic E-state index is 12.1. The van der Waals surface area contributed by atoms with Gasteiger partial charge < -0.3 is 4.90 Å². The smallest absolute Gasteiger partial charge is 0.225 e. The molecule has 3 heteroatoms. The summed E-state index contributed by atoms with van der Waals surface area (Å²) in [6.07, 6.45) is 7.93. The minimum atomic E-state index is 0.312. The maximum absolute atomic E-state index is 12.1. The van der Waals surface area contributed by atoms with E-state index in [9.17, 15) is 4.79 Å². The zero-order chi connectivity index (χ0) is 12.1. The standard InChI is InChI=1S/C14H20N2O/c1-2-16(14(17)13-4-3-5-13)11-8-12-6-9-15-10-7-12/h6-7,9-10,13H,2-5,8,11H2,1H3. The lowest BCUT2D eigenvalue weighted by atomic mass is 9.84. The first-order valence-corrected chi connectivity index (χ1v) is 6.49. The lowest BCUT2D eigenvalue weighted by Gasteiger charge is -2.31. The highest BCUT2D eigenvalue weighted by molar-refractivity contribution is 5.79. The van der Waals surface area contributed by atoms with E-state index in [4.69, 9.17) is 0 Å². The van der Waals surface area contributed by atoms with Crippen molar-refractivity contribution in [1.82, 2.24) is 9.88 Å². The summed E-state index contributed by atoms with van der Waals surface area (Å²) < 4.78 is 0. The molecule has 1 amide bonds. The van der Waals surface area contributed by atoms with Crippen LogP contribution in [0.5, 0.6) is 0 Å². The highest BCUT2D eigenvalue weighted by atomic mass is 16.2. The first kappa shape index (κ1) is 12.1. The maximum Gasteiger partial charge on any atom is 0.225 e. The molecule has 1 aromatic rings. The van der Waals surface area contributed by atoms with Gasteiger partial charge in [0.05, 0.1) is 0 Å². The van der Waals surface area contributed by atoms with E-state index in [0.29, 0.717) is 11.8 Å². The van der Waals surface area contributed by atoms with Crippen molar-refractivity contribution in [3.63, 3.8) is 0 Å². The second-order valence-electron chi connectivity index (χ2n) is 4.65. The summed E-state index contributed by atoms with van der Waals surface area (Å²) >= 11 is 0. The van der Waals surface area contributed by atoms with Crippen LogP contribution in [0.15, 0.2) is 24.5 Å². The molecular formula is C14H20N2O. The molecule has 0 atom stereocenters. The Morgan fingerprint density at radius 1 is 1.41 bits per heavy atom. The number of likely N-dealkylation sites (N-methyl/N-ethyl adjacent to an activating group) is 1. The fourth-order valence-corrected chi connectivity index (χ4v) is 2.15. The predicted octanol–water partition coefficient (Wildman–Crippen LogP) is 2.27. The van der Waals surface area contributed by atoms with Crippen LogP contribution in [-0.2, 0) is 11.2 Å². The third kappa shape index (κ3) is 3.05. The number of carbonyl (C=O) groups is 1. The Morgan fingerprint density at radius 2 is 2.12 bits per heavy atom. The molecule has 1 aliphatic rings. The molecule has 3 nitrogen and oxygen atoms in total. The van der Waals surface area contributed by atoms with Gasteiger partial charge in [-0.05, 0) is 43.9 Å². The average Bonchev–Trinajstić information content (AvgIpc) is 2.29. The Morgan fingerprint density at radius 3 is 2.65 bits per heavy atom. The van der Waals surface area contributed by atoms with E-state index in [1.165, 1.54) is 12.0 Å². The van der Waals surface area contributed by atoms with Gasteiger partial charge in [-0.25, -0.2) is 0 Å². The number of carbonyl (C=O) groups excluding carboxylic acids is 1. The molecular weight excluding hydrogens is 212 g/mol. The number of hydrogen-bond donors (Lipinski definition) is 0. The minimum absolute atomic E-state index is 0.312. The third-order valence-corrected chi connectivity index (χ3v) is 3.57. The van der Waals surface area contributed by atoms with Crippen molar-refractivity contribution in [3.8, 4) is 0 Å². The largest absolute Gasteiger partial charge is 0.342 e. The number of pyridine rings is 1. The molecule has 0 spiro atoms. The molecule has 0 N–H and O–H groups in total. The summed E-state index contributed by atoms with van der Waals surface area (Å²) in [6.45, 7) is 3.71. The van der Waals surface area contributed by atoms with Gasteiger partial charge in [-0.3, -0.25) is 9.78 Å². The summed E-state index contributed by atoms with van der Waals surface area (Å²) in [7, 11) is 0. The van der Waals surface area contributed by atoms with Gasteiger partial charge in [0.15, 0.2) is 0 Å². The lowest BCUT2D eigenvalue weighted by Crippen LogP contribution is -2.39. The van der Waals surface area contributed by atoms with E-state index >= 15 is 0 Å². The van der Waals surface area contributed by atoms with Crippen molar-refractivity contribution in [2.24, 2.45) is 5.92 Å². The number of amides is 1. The molecule has 0 unspecified atom stereocenters. The first-order valence-electron chi connectivity index (χ1n) is 6.49. The second-order valence-corrected chi connectivity index (χ2v) is 4.65. The monoisotopic (exact) mass is 232 g/mol. The summed E-state index contributed by atoms with van der Waals surface area (Å²) in [4.78, 5) is 18.1. The van der Waals surface area contributed by atoms with Gasteiger partial charge in [0.25, 0.3) is 0 Å². The first-order chi connectivity index (χ1) is 8.31. The SMILES string of the molecule is CCN(CCc1ccncc1)C(=O)C1CCC1. The van der Waals surface area contributed by atoms with Crippen molar-refractivity contribution in [2.45, 2.75) is 32.6 Å². The van der Waals surface area contributed by atoms with Crippen LogP contribution in [-0.4, -0.2) is 28.9 Å². The Hall–Kier alpha value is -1.38. The van der Waals surface area contributed by atoms with E-state index in [1.807, 2.05) is 17.0 Å². The van der Waals surface area contributed by atoms with Crippen LogP contribution in [0.2, 0.25) is 0 Å². The van der Waals surface area contributed by atoms with Crippen molar-refractivity contribution in [3.05, 3.63) is 30.1 Å². The number of aromatic nitrogens is 1. The van der Waals surface area contributed by atoms with Crippen LogP contribution in [0.4, 0.5) is 0 Å². The Labute approximate surface area is 103 Å². The van der Waals surface area contributed by atoms with Crippen LogP contribution < -0.4 is 0 Å². The average molecular weight is 232 g/mol. The Balaban J connectivity index is 1.85. The fraction of sp³-hybridized carbons (Fsp3) is 0.571. The molecule has 0 aliphatic heterocycles. The highest BCUT2D eigenvalue weighted by Gasteiger charge is 2.28. The molecule has 92 valence electrons. The van der Waals surface area contributed by atoms with Crippen LogP contribution in [0, 0.1) is 5.92 Å². The second kappa shape index (κ2) is 5.80. The molecule has 1 aromatic heterocycles. The minimum Gasteiger partial charge on any atom is -0.342 e. The summed E-state index contributed by atoms with van der Waals surface area (Å²) in [5, 5.41) is 0. The quantitative estimate of drug-likeness (QED) is 0.780. The van der Waals surface area contributed by atoms with Gasteiger partial charge in [-0.2, -0.15) is 0 Å². The zero-order valence-electron chi connectivity index (χ0n) is 10.4. The zero-order valence-corrected chi connectivity index (χ0v) is 10.4. The molecule has 1 aliphatic carbocycles. The van der Waals surface area contributed by atoms with E-state index < -0.39 is 0 Å². The van der Waals surface area contributed by atoms with Gasteiger partial charge in [-0.1, -0.05) is 6.42 Å². The predicted molar refractivity (Wildman–Crippen MR) is 67.5 cm³/mol. The van der Waals surface area contributed by atoms with E-state index in [0.717, 1.165) is 32.4 Å². The Bertz CT molecular complexity index is 360. The molecule has 0 bridgehead atoms. The number of nitrogens with zero attached hydrogens (tertiary/aromatic N) is 2. The summed E-state index contributed by atoms with van der Waals surface area (Å²) in [5.74, 6) is 0.667. The molecule has 1 fully saturated rings. The molecule has 0 radical (unpaired) electrons. The van der Waals surface area contributed by atoms with Crippen molar-refractivity contribution >= 4 is 5.91 Å². The van der Waals surface area contributed by atoms with E-state index in [-0.39, 0.29) is 0 Å². The molecule has 17 heavy (non-hydrogen) atoms. The van der Waals surface area contributed by atoms with Gasteiger partial charge in [-0.15, -0.1) is 0 Å².